The van der Waals surface area contributed by atoms with E-state index < -0.39 is 11.7 Å². The molecule has 0 saturated heterocycles. The summed E-state index contributed by atoms with van der Waals surface area (Å²) < 4.78 is 13.9. The maximum Gasteiger partial charge on any atom is 0.273 e. The third kappa shape index (κ3) is 2.44. The molecule has 0 saturated carbocycles. The van der Waals surface area contributed by atoms with Gasteiger partial charge in [0.25, 0.3) is 5.91 Å². The topological polar surface area (TPSA) is 83.8 Å². The average Bonchev–Trinajstić information content (AvgIpc) is 2.70. The molecule has 4 N–H and O–H groups in total. The number of aromatic amines is 1. The van der Waals surface area contributed by atoms with Crippen LogP contribution in [0.15, 0.2) is 28.7 Å². The predicted molar refractivity (Wildman–Crippen MR) is 65.1 cm³/mol. The van der Waals surface area contributed by atoms with Crippen LogP contribution < -0.4 is 11.1 Å². The largest absolute Gasteiger partial charge is 0.382 e. The van der Waals surface area contributed by atoms with Crippen molar-refractivity contribution in [2.24, 2.45) is 0 Å². The van der Waals surface area contributed by atoms with E-state index in [4.69, 9.17) is 5.73 Å². The van der Waals surface area contributed by atoms with Gasteiger partial charge in [-0.1, -0.05) is 6.07 Å². The molecule has 0 spiro atoms. The Bertz CT molecular complexity index is 549. The Kier molecular flexibility index (Phi) is 3.10. The molecule has 1 aromatic heterocycles. The summed E-state index contributed by atoms with van der Waals surface area (Å²) in [7, 11) is 0. The number of hydrogen-bond acceptors (Lipinski definition) is 3. The van der Waals surface area contributed by atoms with Crippen molar-refractivity contribution in [1.29, 1.82) is 0 Å². The minimum absolute atomic E-state index is 0.0747. The summed E-state index contributed by atoms with van der Waals surface area (Å²) in [6.45, 7) is 0. The monoisotopic (exact) mass is 298 g/mol. The lowest BCUT2D eigenvalue weighted by Crippen LogP contribution is -2.13. The predicted octanol–water partition coefficient (Wildman–Crippen LogP) is 2.15. The molecular weight excluding hydrogens is 291 g/mol. The highest BCUT2D eigenvalue weighted by Crippen LogP contribution is 2.25. The second-order valence-corrected chi connectivity index (χ2v) is 4.11. The number of benzene rings is 1. The molecule has 0 aliphatic heterocycles. The van der Waals surface area contributed by atoms with E-state index in [9.17, 15) is 9.18 Å². The van der Waals surface area contributed by atoms with Crippen LogP contribution >= 0.6 is 15.9 Å². The molecule has 0 aliphatic rings. The first-order valence-electron chi connectivity index (χ1n) is 4.64. The summed E-state index contributed by atoms with van der Waals surface area (Å²) in [5, 5.41) is 8.47. The summed E-state index contributed by atoms with van der Waals surface area (Å²) in [4.78, 5) is 11.7. The number of nitrogens with zero attached hydrogens (tertiary/aromatic N) is 1. The summed E-state index contributed by atoms with van der Waals surface area (Å²) in [5.74, 6) is -0.844. The van der Waals surface area contributed by atoms with Crippen LogP contribution in [0.4, 0.5) is 15.9 Å². The van der Waals surface area contributed by atoms with Gasteiger partial charge < -0.3 is 11.1 Å². The SMILES string of the molecule is Nc1cc(C(=O)Nc2c(F)cccc2Br)[nH]n1. The first kappa shape index (κ1) is 11.6. The maximum atomic E-state index is 13.4. The number of H-pyrrole nitrogens is 1. The Morgan fingerprint density at radius 1 is 1.53 bits per heavy atom. The molecular formula is C10H8BrFN4O. The van der Waals surface area contributed by atoms with Gasteiger partial charge in [-0.3, -0.25) is 9.89 Å². The van der Waals surface area contributed by atoms with Crippen molar-refractivity contribution >= 4 is 33.3 Å². The minimum Gasteiger partial charge on any atom is -0.382 e. The number of aromatic nitrogens is 2. The first-order valence-corrected chi connectivity index (χ1v) is 5.43. The molecule has 0 aliphatic carbocycles. The van der Waals surface area contributed by atoms with Crippen molar-refractivity contribution in [3.05, 3.63) is 40.2 Å². The van der Waals surface area contributed by atoms with Crippen LogP contribution in [0.25, 0.3) is 0 Å². The van der Waals surface area contributed by atoms with Gasteiger partial charge in [0, 0.05) is 10.5 Å². The number of amides is 1. The highest BCUT2D eigenvalue weighted by molar-refractivity contribution is 9.10. The van der Waals surface area contributed by atoms with E-state index in [0.29, 0.717) is 4.47 Å². The van der Waals surface area contributed by atoms with E-state index in [1.807, 2.05) is 0 Å². The number of nitrogens with one attached hydrogen (secondary N) is 2. The van der Waals surface area contributed by atoms with Crippen LogP contribution in [0.5, 0.6) is 0 Å². The Labute approximate surface area is 104 Å². The Hall–Kier alpha value is -1.89. The molecule has 0 fully saturated rings. The van der Waals surface area contributed by atoms with Crippen LogP contribution in [0, 0.1) is 5.82 Å². The molecule has 7 heteroatoms. The zero-order valence-corrected chi connectivity index (χ0v) is 10.1. The van der Waals surface area contributed by atoms with E-state index in [1.165, 1.54) is 18.2 Å². The molecule has 0 unspecified atom stereocenters. The average molecular weight is 299 g/mol. The number of carbonyl (C=O) groups excluding carboxylic acids is 1. The molecule has 0 radical (unpaired) electrons. The van der Waals surface area contributed by atoms with Gasteiger partial charge in [-0.05, 0) is 28.1 Å². The Balaban J connectivity index is 2.24. The molecule has 17 heavy (non-hydrogen) atoms. The normalized spacial score (nSPS) is 10.2. The van der Waals surface area contributed by atoms with Gasteiger partial charge in [0.15, 0.2) is 0 Å². The summed E-state index contributed by atoms with van der Waals surface area (Å²) in [6, 6.07) is 5.77. The number of rotatable bonds is 2. The third-order valence-corrected chi connectivity index (χ3v) is 2.70. The number of halogens is 2. The van der Waals surface area contributed by atoms with Crippen molar-refractivity contribution in [3.63, 3.8) is 0 Å². The number of carbonyl (C=O) groups is 1. The van der Waals surface area contributed by atoms with Gasteiger partial charge in [0.1, 0.15) is 17.3 Å². The molecule has 0 bridgehead atoms. The molecule has 5 nitrogen and oxygen atoms in total. The van der Waals surface area contributed by atoms with Crippen molar-refractivity contribution in [2.75, 3.05) is 11.1 Å². The number of anilines is 2. The van der Waals surface area contributed by atoms with E-state index in [1.54, 1.807) is 6.07 Å². The van der Waals surface area contributed by atoms with Gasteiger partial charge in [0.2, 0.25) is 0 Å². The zero-order valence-electron chi connectivity index (χ0n) is 8.50. The van der Waals surface area contributed by atoms with Crippen LogP contribution in [-0.2, 0) is 0 Å². The van der Waals surface area contributed by atoms with Crippen molar-refractivity contribution in [1.82, 2.24) is 10.2 Å². The highest BCUT2D eigenvalue weighted by atomic mass is 79.9. The maximum absolute atomic E-state index is 13.4. The first-order chi connectivity index (χ1) is 8.08. The smallest absolute Gasteiger partial charge is 0.273 e. The lowest BCUT2D eigenvalue weighted by Gasteiger charge is -2.06. The minimum atomic E-state index is -0.528. The molecule has 1 aromatic carbocycles. The summed E-state index contributed by atoms with van der Waals surface area (Å²) >= 11 is 3.15. The number of hydrogen-bond donors (Lipinski definition) is 3. The van der Waals surface area contributed by atoms with Gasteiger partial charge in [0.05, 0.1) is 5.69 Å². The summed E-state index contributed by atoms with van der Waals surface area (Å²) in [5.41, 5.74) is 5.60. The lowest BCUT2D eigenvalue weighted by molar-refractivity contribution is 0.102. The van der Waals surface area contributed by atoms with Gasteiger partial charge in [-0.2, -0.15) is 5.10 Å². The van der Waals surface area contributed by atoms with E-state index in [2.05, 4.69) is 31.4 Å². The van der Waals surface area contributed by atoms with Crippen LogP contribution in [0.1, 0.15) is 10.5 Å². The Morgan fingerprint density at radius 3 is 2.88 bits per heavy atom. The van der Waals surface area contributed by atoms with Crippen molar-refractivity contribution < 1.29 is 9.18 Å². The fourth-order valence-corrected chi connectivity index (χ4v) is 1.69. The lowest BCUT2D eigenvalue weighted by atomic mass is 10.3. The Morgan fingerprint density at radius 2 is 2.29 bits per heavy atom. The molecule has 88 valence electrons. The van der Waals surface area contributed by atoms with Gasteiger partial charge in [-0.15, -0.1) is 0 Å². The van der Waals surface area contributed by atoms with Crippen molar-refractivity contribution in [3.8, 4) is 0 Å². The van der Waals surface area contributed by atoms with E-state index >= 15 is 0 Å². The van der Waals surface area contributed by atoms with E-state index in [0.717, 1.165) is 0 Å². The van der Waals surface area contributed by atoms with E-state index in [-0.39, 0.29) is 17.2 Å². The highest BCUT2D eigenvalue weighted by Gasteiger charge is 2.13. The fraction of sp³-hybridized carbons (Fsp3) is 0. The number of nitrogens with two attached hydrogens (primary N) is 1. The number of para-hydroxylation sites is 1. The third-order valence-electron chi connectivity index (χ3n) is 2.04. The molecule has 2 aromatic rings. The molecule has 1 amide bonds. The second-order valence-electron chi connectivity index (χ2n) is 3.26. The van der Waals surface area contributed by atoms with Gasteiger partial charge >= 0.3 is 0 Å². The van der Waals surface area contributed by atoms with Crippen LogP contribution in [0.3, 0.4) is 0 Å². The second kappa shape index (κ2) is 4.54. The molecule has 0 atom stereocenters. The number of nitrogen functional groups attached to an aromatic ring is 1. The van der Waals surface area contributed by atoms with Crippen LogP contribution in [-0.4, -0.2) is 16.1 Å². The molecule has 2 rings (SSSR count). The molecule has 1 heterocycles. The standard InChI is InChI=1S/C10H8BrFN4O/c11-5-2-1-3-6(12)9(5)14-10(17)7-4-8(13)16-15-7/h1-4H,(H,14,17)(H3,13,15,16). The van der Waals surface area contributed by atoms with Gasteiger partial charge in [-0.25, -0.2) is 4.39 Å². The zero-order chi connectivity index (χ0) is 12.4. The van der Waals surface area contributed by atoms with Crippen molar-refractivity contribution in [2.45, 2.75) is 0 Å². The quantitative estimate of drug-likeness (QED) is 0.794. The summed E-state index contributed by atoms with van der Waals surface area (Å²) in [6.07, 6.45) is 0. The van der Waals surface area contributed by atoms with Crippen LogP contribution in [0.2, 0.25) is 0 Å². The fourth-order valence-electron chi connectivity index (χ4n) is 1.25.